The van der Waals surface area contributed by atoms with Crippen molar-refractivity contribution in [3.05, 3.63) is 83.2 Å². The van der Waals surface area contributed by atoms with Crippen LogP contribution in [0.4, 0.5) is 13.9 Å². The van der Waals surface area contributed by atoms with E-state index in [-0.39, 0.29) is 5.56 Å². The highest BCUT2D eigenvalue weighted by Gasteiger charge is 2.10. The van der Waals surface area contributed by atoms with Crippen LogP contribution in [0.3, 0.4) is 0 Å². The summed E-state index contributed by atoms with van der Waals surface area (Å²) >= 11 is 1.31. The first-order valence-electron chi connectivity index (χ1n) is 8.30. The number of aromatic nitrogens is 1. The molecule has 0 aliphatic carbocycles. The first kappa shape index (κ1) is 17.3. The fraction of sp³-hybridized carbons (Fsp3) is 0.0476. The zero-order valence-corrected chi connectivity index (χ0v) is 15.2. The molecule has 0 atom stereocenters. The molecule has 0 saturated carbocycles. The van der Waals surface area contributed by atoms with Gasteiger partial charge in [-0.1, -0.05) is 36.4 Å². The van der Waals surface area contributed by atoms with Crippen molar-refractivity contribution in [1.82, 2.24) is 4.98 Å². The third-order valence-electron chi connectivity index (χ3n) is 4.20. The lowest BCUT2D eigenvalue weighted by molar-refractivity contribution is 0.585. The second kappa shape index (κ2) is 7.25. The Labute approximate surface area is 159 Å². The van der Waals surface area contributed by atoms with E-state index < -0.39 is 11.6 Å². The molecule has 1 heterocycles. The van der Waals surface area contributed by atoms with Gasteiger partial charge in [0.15, 0.2) is 0 Å². The van der Waals surface area contributed by atoms with Crippen molar-refractivity contribution in [3.8, 4) is 11.3 Å². The van der Waals surface area contributed by atoms with Crippen molar-refractivity contribution in [2.45, 2.75) is 6.92 Å². The fourth-order valence-electron chi connectivity index (χ4n) is 2.76. The summed E-state index contributed by atoms with van der Waals surface area (Å²) < 4.78 is 26.9. The van der Waals surface area contributed by atoms with Crippen LogP contribution in [-0.4, -0.2) is 10.7 Å². The van der Waals surface area contributed by atoms with Crippen LogP contribution >= 0.6 is 11.3 Å². The average molecular weight is 379 g/mol. The summed E-state index contributed by atoms with van der Waals surface area (Å²) in [7, 11) is 0. The lowest BCUT2D eigenvalue weighted by Crippen LogP contribution is -1.99. The number of hydrazone groups is 1. The van der Waals surface area contributed by atoms with Crippen molar-refractivity contribution < 1.29 is 8.78 Å². The Morgan fingerprint density at radius 3 is 2.63 bits per heavy atom. The van der Waals surface area contributed by atoms with Crippen LogP contribution in [0.1, 0.15) is 12.5 Å². The summed E-state index contributed by atoms with van der Waals surface area (Å²) in [4.78, 5) is 4.32. The zero-order valence-electron chi connectivity index (χ0n) is 14.4. The molecule has 4 aromatic rings. The van der Waals surface area contributed by atoms with Gasteiger partial charge >= 0.3 is 0 Å². The van der Waals surface area contributed by atoms with Crippen LogP contribution in [0.25, 0.3) is 22.0 Å². The molecule has 0 aliphatic heterocycles. The third kappa shape index (κ3) is 3.71. The monoisotopic (exact) mass is 379 g/mol. The Morgan fingerprint density at radius 2 is 1.81 bits per heavy atom. The van der Waals surface area contributed by atoms with E-state index in [1.807, 2.05) is 25.1 Å². The third-order valence-corrected chi connectivity index (χ3v) is 4.94. The predicted octanol–water partition coefficient (Wildman–Crippen LogP) is 6.08. The topological polar surface area (TPSA) is 37.3 Å². The second-order valence-electron chi connectivity index (χ2n) is 6.03. The molecule has 0 spiro atoms. The number of halogens is 2. The number of anilines is 1. The maximum absolute atomic E-state index is 13.9. The van der Waals surface area contributed by atoms with E-state index in [1.54, 1.807) is 5.38 Å². The number of rotatable bonds is 4. The van der Waals surface area contributed by atoms with E-state index in [9.17, 15) is 8.78 Å². The minimum absolute atomic E-state index is 0.260. The van der Waals surface area contributed by atoms with Gasteiger partial charge in [-0.15, -0.1) is 11.3 Å². The van der Waals surface area contributed by atoms with Gasteiger partial charge in [-0.05, 0) is 41.5 Å². The Hall–Kier alpha value is -3.12. The van der Waals surface area contributed by atoms with Gasteiger partial charge in [0.25, 0.3) is 0 Å². The minimum atomic E-state index is -0.636. The Kier molecular flexibility index (Phi) is 4.64. The van der Waals surface area contributed by atoms with Crippen LogP contribution in [0, 0.1) is 11.6 Å². The van der Waals surface area contributed by atoms with Gasteiger partial charge in [-0.25, -0.2) is 13.8 Å². The first-order chi connectivity index (χ1) is 13.1. The number of thiazole rings is 1. The van der Waals surface area contributed by atoms with Crippen LogP contribution in [0.15, 0.2) is 71.1 Å². The average Bonchev–Trinajstić information content (AvgIpc) is 3.14. The quantitative estimate of drug-likeness (QED) is 0.345. The van der Waals surface area contributed by atoms with Gasteiger partial charge in [0.2, 0.25) is 5.13 Å². The molecule has 27 heavy (non-hydrogen) atoms. The van der Waals surface area contributed by atoms with Gasteiger partial charge in [-0.2, -0.15) is 5.10 Å². The molecule has 1 aromatic heterocycles. The Bertz CT molecular complexity index is 1150. The number of fused-ring (bicyclic) bond motifs is 1. The summed E-state index contributed by atoms with van der Waals surface area (Å²) in [6.07, 6.45) is 0. The molecule has 0 aliphatic rings. The summed E-state index contributed by atoms with van der Waals surface area (Å²) in [5, 5.41) is 8.94. The number of hydrogen-bond donors (Lipinski definition) is 1. The first-order valence-corrected chi connectivity index (χ1v) is 9.18. The van der Waals surface area contributed by atoms with E-state index in [4.69, 9.17) is 0 Å². The predicted molar refractivity (Wildman–Crippen MR) is 107 cm³/mol. The Balaban J connectivity index is 1.54. The second-order valence-corrected chi connectivity index (χ2v) is 6.89. The normalized spacial score (nSPS) is 11.7. The molecule has 0 unspecified atom stereocenters. The largest absolute Gasteiger partial charge is 0.252 e. The van der Waals surface area contributed by atoms with Crippen molar-refractivity contribution in [2.24, 2.45) is 5.10 Å². The van der Waals surface area contributed by atoms with Gasteiger partial charge in [0, 0.05) is 17.0 Å². The highest BCUT2D eigenvalue weighted by molar-refractivity contribution is 7.14. The molecule has 4 rings (SSSR count). The van der Waals surface area contributed by atoms with E-state index in [2.05, 4.69) is 39.8 Å². The van der Waals surface area contributed by atoms with Crippen molar-refractivity contribution in [2.75, 3.05) is 5.43 Å². The highest BCUT2D eigenvalue weighted by Crippen LogP contribution is 2.27. The van der Waals surface area contributed by atoms with E-state index in [1.165, 1.54) is 28.9 Å². The standard InChI is InChI=1S/C21H15F2N3S/c1-13(15-7-6-14-4-2-3-5-16(14)10-15)25-26-21-24-20(12-27-21)18-9-8-17(22)11-19(18)23/h2-12H,1H3,(H,24,26)/b25-13+. The molecule has 3 nitrogen and oxygen atoms in total. The van der Waals surface area contributed by atoms with E-state index >= 15 is 0 Å². The zero-order chi connectivity index (χ0) is 18.8. The minimum Gasteiger partial charge on any atom is -0.252 e. The molecular weight excluding hydrogens is 364 g/mol. The molecule has 3 aromatic carbocycles. The number of nitrogens with zero attached hydrogens (tertiary/aromatic N) is 2. The van der Waals surface area contributed by atoms with Gasteiger partial charge in [-0.3, -0.25) is 5.43 Å². The molecule has 0 amide bonds. The van der Waals surface area contributed by atoms with Gasteiger partial charge < -0.3 is 0 Å². The van der Waals surface area contributed by atoms with Crippen LogP contribution in [-0.2, 0) is 0 Å². The highest BCUT2D eigenvalue weighted by atomic mass is 32.1. The molecule has 1 N–H and O–H groups in total. The number of hydrogen-bond acceptors (Lipinski definition) is 4. The fourth-order valence-corrected chi connectivity index (χ4v) is 3.41. The van der Waals surface area contributed by atoms with Crippen LogP contribution in [0.5, 0.6) is 0 Å². The van der Waals surface area contributed by atoms with Crippen LogP contribution in [0.2, 0.25) is 0 Å². The number of nitrogens with one attached hydrogen (secondary N) is 1. The smallest absolute Gasteiger partial charge is 0.203 e. The molecule has 0 bridgehead atoms. The molecule has 6 heteroatoms. The van der Waals surface area contributed by atoms with E-state index in [0.29, 0.717) is 10.8 Å². The molecule has 0 saturated heterocycles. The summed E-state index contributed by atoms with van der Waals surface area (Å²) in [5.74, 6) is -1.25. The number of benzene rings is 3. The van der Waals surface area contributed by atoms with Crippen molar-refractivity contribution >= 4 is 33.0 Å². The summed E-state index contributed by atoms with van der Waals surface area (Å²) in [6, 6.07) is 17.7. The lowest BCUT2D eigenvalue weighted by atomic mass is 10.0. The van der Waals surface area contributed by atoms with Crippen LogP contribution < -0.4 is 5.43 Å². The molecule has 134 valence electrons. The molecular formula is C21H15F2N3S. The van der Waals surface area contributed by atoms with Crippen molar-refractivity contribution in [1.29, 1.82) is 0 Å². The molecule has 0 fully saturated rings. The maximum Gasteiger partial charge on any atom is 0.203 e. The van der Waals surface area contributed by atoms with Gasteiger partial charge in [0.1, 0.15) is 11.6 Å². The summed E-state index contributed by atoms with van der Waals surface area (Å²) in [6.45, 7) is 1.91. The lowest BCUT2D eigenvalue weighted by Gasteiger charge is -2.04. The maximum atomic E-state index is 13.9. The summed E-state index contributed by atoms with van der Waals surface area (Å²) in [5.41, 5.74) is 5.43. The molecule has 0 radical (unpaired) electrons. The van der Waals surface area contributed by atoms with Gasteiger partial charge in [0.05, 0.1) is 11.4 Å². The SMILES string of the molecule is C/C(=N\Nc1nc(-c2ccc(F)cc2F)cs1)c1ccc2ccccc2c1. The van der Waals surface area contributed by atoms with E-state index in [0.717, 1.165) is 22.7 Å². The Morgan fingerprint density at radius 1 is 1.00 bits per heavy atom. The van der Waals surface area contributed by atoms with Crippen molar-refractivity contribution in [3.63, 3.8) is 0 Å².